The van der Waals surface area contributed by atoms with E-state index in [2.05, 4.69) is 26.5 Å². The Kier molecular flexibility index (Phi) is 13.0. The van der Waals surface area contributed by atoms with Crippen molar-refractivity contribution in [3.8, 4) is 0 Å². The van der Waals surface area contributed by atoms with Gasteiger partial charge in [-0.1, -0.05) is 24.6 Å². The topological polar surface area (TPSA) is 172 Å². The van der Waals surface area contributed by atoms with E-state index in [9.17, 15) is 36.9 Å². The van der Waals surface area contributed by atoms with Gasteiger partial charge in [-0.3, -0.25) is 23.7 Å². The van der Waals surface area contributed by atoms with Gasteiger partial charge < -0.3 is 32.2 Å². The Morgan fingerprint density at radius 2 is 1.62 bits per heavy atom. The number of nitrogens with one attached hydrogen (secondary N) is 1. The molecule has 0 radical (unpaired) electrons. The first kappa shape index (κ1) is 42.3. The predicted octanol–water partition coefficient (Wildman–Crippen LogP) is 3.73. The number of nitrogens with zero attached hydrogens (tertiary/aromatic N) is 4. The van der Waals surface area contributed by atoms with Gasteiger partial charge >= 0.3 is 12.9 Å². The third-order valence-electron chi connectivity index (χ3n) is 9.97. The second-order valence-electron chi connectivity index (χ2n) is 15.5. The number of Topliss-reactive ketones (excluding diaryl/α,β-unsaturated/α-hetero) is 1. The minimum Gasteiger partial charge on any atom is -0.394 e. The van der Waals surface area contributed by atoms with Crippen LogP contribution in [0.3, 0.4) is 0 Å². The Bertz CT molecular complexity index is 2090. The lowest BCUT2D eigenvalue weighted by atomic mass is 9.88. The molecule has 0 aliphatic carbocycles. The largest absolute Gasteiger partial charge is 0.737 e. The molecule has 14 nitrogen and oxygen atoms in total. The van der Waals surface area contributed by atoms with E-state index < -0.39 is 58.4 Å². The lowest BCUT2D eigenvalue weighted by Crippen LogP contribution is -2.51. The molecule has 1 saturated heterocycles. The fraction of sp³-hybridized carbons (Fsp3) is 0.474. The molecule has 56 heavy (non-hydrogen) atoms. The number of aryl methyl sites for hydroxylation is 2. The number of allylic oxidation sites excluding steroid dienone is 2. The SMILES string of the molecule is Cc1cc(CCC(=O)NC(CS(=O)(=O)O)C(=O)CCCCCC(=O)ON2C(=O)CCC2=O)n2c1C=C1C(CCC[N+](C)(C)C)=CC(c3ccccc3)=[N+]1[B-]2(F)F. The fourth-order valence-electron chi connectivity index (χ4n) is 7.25. The highest BCUT2D eigenvalue weighted by molar-refractivity contribution is 7.85. The smallest absolute Gasteiger partial charge is 0.394 e. The van der Waals surface area contributed by atoms with Crippen LogP contribution < -0.4 is 5.32 Å². The summed E-state index contributed by atoms with van der Waals surface area (Å²) in [5, 5.41) is 2.80. The Morgan fingerprint density at radius 1 is 0.964 bits per heavy atom. The average molecular weight is 801 g/mol. The molecule has 3 aliphatic heterocycles. The molecule has 3 aliphatic rings. The molecular formula is C38H49BF2N5O9S+. The molecule has 1 aromatic heterocycles. The standard InChI is InChI=1S/C38H48BF2N5O9S/c1-26-22-29(43-31(26)24-33-28(14-11-21-46(2,3)4)23-32(44(33)39(43,40)41)27-12-7-5-8-13-27)17-18-35(48)42-30(25-56(52,53)54)34(47)15-9-6-10-16-38(51)55-45-36(49)19-20-37(45)50/h5,7-8,12-13,22-24,30H,6,9-11,14-21,25H2,1-4H3,(H-,42,48,52,53,54)/p+1. The summed E-state index contributed by atoms with van der Waals surface area (Å²) in [4.78, 5) is 66.2. The fourth-order valence-corrected chi connectivity index (χ4v) is 7.94. The maximum Gasteiger partial charge on any atom is 0.737 e. The van der Waals surface area contributed by atoms with Crippen molar-refractivity contribution in [1.82, 2.24) is 14.9 Å². The maximum atomic E-state index is 17.0. The minimum absolute atomic E-state index is 0.0390. The number of carbonyl (C=O) groups excluding carboxylic acids is 5. The maximum absolute atomic E-state index is 17.0. The lowest BCUT2D eigenvalue weighted by Gasteiger charge is -2.32. The monoisotopic (exact) mass is 800 g/mol. The van der Waals surface area contributed by atoms with E-state index >= 15 is 8.63 Å². The van der Waals surface area contributed by atoms with Crippen molar-refractivity contribution in [3.05, 3.63) is 76.3 Å². The Balaban J connectivity index is 1.25. The number of fused-ring (bicyclic) bond motifs is 2. The van der Waals surface area contributed by atoms with Crippen LogP contribution in [0.1, 0.15) is 86.7 Å². The van der Waals surface area contributed by atoms with Crippen molar-refractivity contribution in [2.75, 3.05) is 33.4 Å². The summed E-state index contributed by atoms with van der Waals surface area (Å²) in [7, 11) is 1.54. The van der Waals surface area contributed by atoms with Gasteiger partial charge in [0.25, 0.3) is 21.9 Å². The normalized spacial score (nSPS) is 17.0. The van der Waals surface area contributed by atoms with Crippen LogP contribution >= 0.6 is 0 Å². The van der Waals surface area contributed by atoms with E-state index in [-0.39, 0.29) is 57.1 Å². The molecule has 18 heteroatoms. The van der Waals surface area contributed by atoms with Gasteiger partial charge in [-0.15, -0.1) is 5.06 Å². The molecule has 0 spiro atoms. The van der Waals surface area contributed by atoms with Gasteiger partial charge in [0.15, 0.2) is 17.2 Å². The zero-order chi connectivity index (χ0) is 41.0. The number of rotatable bonds is 19. The first-order chi connectivity index (χ1) is 26.2. The summed E-state index contributed by atoms with van der Waals surface area (Å²) in [6.07, 6.45) is 4.83. The van der Waals surface area contributed by atoms with E-state index in [0.717, 1.165) is 32.0 Å². The summed E-state index contributed by atoms with van der Waals surface area (Å²) in [6.45, 7) is -1.85. The van der Waals surface area contributed by atoms with Crippen LogP contribution in [0.2, 0.25) is 0 Å². The molecular weight excluding hydrogens is 751 g/mol. The van der Waals surface area contributed by atoms with Crippen LogP contribution in [-0.4, -0.2) is 113 Å². The van der Waals surface area contributed by atoms with Gasteiger partial charge in [0.1, 0.15) is 11.8 Å². The van der Waals surface area contributed by atoms with Gasteiger partial charge in [0.2, 0.25) is 5.91 Å². The van der Waals surface area contributed by atoms with Crippen LogP contribution in [-0.2, 0) is 45.3 Å². The molecule has 1 fully saturated rings. The van der Waals surface area contributed by atoms with Gasteiger partial charge in [-0.05, 0) is 62.1 Å². The van der Waals surface area contributed by atoms with E-state index in [1.807, 2.05) is 12.1 Å². The number of carbonyl (C=O) groups is 5. The van der Waals surface area contributed by atoms with Gasteiger partial charge in [-0.2, -0.15) is 8.42 Å². The number of benzene rings is 1. The summed E-state index contributed by atoms with van der Waals surface area (Å²) in [5.41, 5.74) is 3.39. The minimum atomic E-state index is -4.70. The molecule has 0 bridgehead atoms. The van der Waals surface area contributed by atoms with Crippen molar-refractivity contribution < 1.29 is 59.4 Å². The van der Waals surface area contributed by atoms with E-state index in [4.69, 9.17) is 4.84 Å². The number of unbranched alkanes of at least 4 members (excludes halogenated alkanes) is 2. The summed E-state index contributed by atoms with van der Waals surface area (Å²) < 4.78 is 69.8. The molecule has 3 amide bonds. The first-order valence-corrected chi connectivity index (χ1v) is 20.4. The van der Waals surface area contributed by atoms with Crippen LogP contribution in [0.5, 0.6) is 0 Å². The predicted molar refractivity (Wildman–Crippen MR) is 203 cm³/mol. The Hall–Kier alpha value is -4.81. The molecule has 1 unspecified atom stereocenters. The van der Waals surface area contributed by atoms with Crippen molar-refractivity contribution in [1.29, 1.82) is 0 Å². The number of amides is 3. The number of aromatic nitrogens is 1. The molecule has 1 aromatic carbocycles. The number of ketones is 1. The van der Waals surface area contributed by atoms with Crippen molar-refractivity contribution in [3.63, 3.8) is 0 Å². The number of hydrogen-bond acceptors (Lipinski definition) is 8. The number of halogens is 2. The number of quaternary nitrogens is 1. The third-order valence-corrected chi connectivity index (χ3v) is 10.7. The Labute approximate surface area is 325 Å². The molecule has 2 aromatic rings. The highest BCUT2D eigenvalue weighted by Crippen LogP contribution is 2.39. The lowest BCUT2D eigenvalue weighted by molar-refractivity contribution is -0.870. The summed E-state index contributed by atoms with van der Waals surface area (Å²) in [6, 6.07) is 9.00. The zero-order valence-corrected chi connectivity index (χ0v) is 32.9. The van der Waals surface area contributed by atoms with Crippen LogP contribution in [0.25, 0.3) is 6.08 Å². The van der Waals surface area contributed by atoms with Gasteiger partial charge in [0.05, 0.1) is 27.7 Å². The zero-order valence-electron chi connectivity index (χ0n) is 32.1. The van der Waals surface area contributed by atoms with Crippen molar-refractivity contribution in [2.45, 2.75) is 83.6 Å². The van der Waals surface area contributed by atoms with Crippen LogP contribution in [0.15, 0.2) is 53.7 Å². The van der Waals surface area contributed by atoms with E-state index in [0.29, 0.717) is 46.1 Å². The number of imide groups is 1. The summed E-state index contributed by atoms with van der Waals surface area (Å²) >= 11 is 0. The second-order valence-corrected chi connectivity index (χ2v) is 17.0. The highest BCUT2D eigenvalue weighted by Gasteiger charge is 2.54. The van der Waals surface area contributed by atoms with E-state index in [1.165, 1.54) is 0 Å². The number of hydrogen-bond donors (Lipinski definition) is 2. The third kappa shape index (κ3) is 10.3. The number of hydroxylamine groups is 2. The van der Waals surface area contributed by atoms with Gasteiger partial charge in [-0.25, -0.2) is 4.79 Å². The molecule has 1 atom stereocenters. The van der Waals surface area contributed by atoms with Gasteiger partial charge in [0, 0.05) is 67.5 Å². The summed E-state index contributed by atoms with van der Waals surface area (Å²) in [5.74, 6) is -4.54. The Morgan fingerprint density at radius 3 is 2.27 bits per heavy atom. The highest BCUT2D eigenvalue weighted by atomic mass is 32.2. The average Bonchev–Trinajstić information content (AvgIpc) is 3.75. The molecule has 5 rings (SSSR count). The first-order valence-electron chi connectivity index (χ1n) is 18.8. The molecule has 2 N–H and O–H groups in total. The second kappa shape index (κ2) is 17.1. The van der Waals surface area contributed by atoms with Crippen molar-refractivity contribution >= 4 is 58.3 Å². The quantitative estimate of drug-likeness (QED) is 0.0707. The van der Waals surface area contributed by atoms with Crippen LogP contribution in [0, 0.1) is 6.92 Å². The molecule has 4 heterocycles. The van der Waals surface area contributed by atoms with Crippen LogP contribution in [0.4, 0.5) is 8.63 Å². The molecule has 302 valence electrons. The molecule has 0 saturated carbocycles. The van der Waals surface area contributed by atoms with E-state index in [1.54, 1.807) is 43.3 Å². The van der Waals surface area contributed by atoms with Crippen molar-refractivity contribution in [2.24, 2.45) is 0 Å².